The van der Waals surface area contributed by atoms with Gasteiger partial charge < -0.3 is 5.32 Å². The van der Waals surface area contributed by atoms with Crippen molar-refractivity contribution in [2.75, 3.05) is 6.54 Å². The average molecular weight is 170 g/mol. The van der Waals surface area contributed by atoms with Gasteiger partial charge in [-0.05, 0) is 0 Å². The Labute approximate surface area is 70.8 Å². The SMILES string of the molecule is CC(C)NCCn1cn[nH]c1=O. The predicted octanol–water partition coefficient (Wildman–Crippen LogP) is -0.431. The van der Waals surface area contributed by atoms with Crippen molar-refractivity contribution >= 4 is 0 Å². The first-order valence-corrected chi connectivity index (χ1v) is 4.03. The number of H-pyrrole nitrogens is 1. The maximum Gasteiger partial charge on any atom is 0.343 e. The number of nitrogens with one attached hydrogen (secondary N) is 2. The molecule has 1 aromatic rings. The molecule has 0 saturated carbocycles. The molecule has 2 N–H and O–H groups in total. The second-order valence-corrected chi connectivity index (χ2v) is 2.96. The summed E-state index contributed by atoms with van der Waals surface area (Å²) in [5.41, 5.74) is -0.152. The normalized spacial score (nSPS) is 10.9. The highest BCUT2D eigenvalue weighted by atomic mass is 16.1. The molecule has 5 heteroatoms. The Morgan fingerprint density at radius 1 is 1.75 bits per heavy atom. The molecule has 0 unspecified atom stereocenters. The van der Waals surface area contributed by atoms with E-state index in [-0.39, 0.29) is 5.69 Å². The zero-order valence-electron chi connectivity index (χ0n) is 7.37. The summed E-state index contributed by atoms with van der Waals surface area (Å²) in [4.78, 5) is 10.9. The van der Waals surface area contributed by atoms with Gasteiger partial charge in [-0.25, -0.2) is 9.89 Å². The van der Waals surface area contributed by atoms with Gasteiger partial charge in [0.2, 0.25) is 0 Å². The third-order valence-corrected chi connectivity index (χ3v) is 1.52. The molecule has 0 radical (unpaired) electrons. The van der Waals surface area contributed by atoms with E-state index < -0.39 is 0 Å². The summed E-state index contributed by atoms with van der Waals surface area (Å²) in [6, 6.07) is 0.451. The van der Waals surface area contributed by atoms with E-state index in [1.165, 1.54) is 10.9 Å². The smallest absolute Gasteiger partial charge is 0.313 e. The van der Waals surface area contributed by atoms with Crippen molar-refractivity contribution in [3.05, 3.63) is 16.8 Å². The van der Waals surface area contributed by atoms with Gasteiger partial charge in [-0.3, -0.25) is 4.57 Å². The Hall–Kier alpha value is -1.10. The van der Waals surface area contributed by atoms with E-state index in [9.17, 15) is 4.79 Å². The minimum atomic E-state index is -0.152. The van der Waals surface area contributed by atoms with Crippen LogP contribution < -0.4 is 11.0 Å². The lowest BCUT2D eigenvalue weighted by Crippen LogP contribution is -2.29. The number of rotatable bonds is 4. The maximum atomic E-state index is 10.9. The fourth-order valence-corrected chi connectivity index (χ4v) is 0.903. The first kappa shape index (κ1) is 8.99. The van der Waals surface area contributed by atoms with E-state index >= 15 is 0 Å². The minimum absolute atomic E-state index is 0.152. The van der Waals surface area contributed by atoms with Gasteiger partial charge in [0.25, 0.3) is 0 Å². The second-order valence-electron chi connectivity index (χ2n) is 2.96. The second kappa shape index (κ2) is 4.06. The van der Waals surface area contributed by atoms with E-state index in [0.717, 1.165) is 6.54 Å². The standard InChI is InChI=1S/C7H14N4O/c1-6(2)8-3-4-11-5-9-10-7(11)12/h5-6,8H,3-4H2,1-2H3,(H,10,12). The molecule has 1 rings (SSSR count). The summed E-state index contributed by atoms with van der Waals surface area (Å²) in [5.74, 6) is 0. The highest BCUT2D eigenvalue weighted by Crippen LogP contribution is 1.78. The van der Waals surface area contributed by atoms with Crippen LogP contribution in [-0.2, 0) is 6.54 Å². The zero-order chi connectivity index (χ0) is 8.97. The van der Waals surface area contributed by atoms with Crippen LogP contribution in [-0.4, -0.2) is 27.4 Å². The van der Waals surface area contributed by atoms with E-state index in [4.69, 9.17) is 0 Å². The van der Waals surface area contributed by atoms with Crippen molar-refractivity contribution in [1.82, 2.24) is 20.1 Å². The number of aromatic nitrogens is 3. The molecule has 0 fully saturated rings. The van der Waals surface area contributed by atoms with E-state index in [0.29, 0.717) is 12.6 Å². The quantitative estimate of drug-likeness (QED) is 0.644. The minimum Gasteiger partial charge on any atom is -0.313 e. The molecule has 0 aliphatic rings. The summed E-state index contributed by atoms with van der Waals surface area (Å²) in [5, 5.41) is 9.16. The number of hydrogen-bond acceptors (Lipinski definition) is 3. The van der Waals surface area contributed by atoms with Crippen LogP contribution in [0.5, 0.6) is 0 Å². The Morgan fingerprint density at radius 3 is 3.00 bits per heavy atom. The van der Waals surface area contributed by atoms with Gasteiger partial charge in [-0.2, -0.15) is 5.10 Å². The van der Waals surface area contributed by atoms with Crippen LogP contribution in [0.1, 0.15) is 13.8 Å². The molecule has 0 aliphatic heterocycles. The van der Waals surface area contributed by atoms with Crippen molar-refractivity contribution in [3.63, 3.8) is 0 Å². The van der Waals surface area contributed by atoms with E-state index in [1.54, 1.807) is 0 Å². The fraction of sp³-hybridized carbons (Fsp3) is 0.714. The molecule has 0 saturated heterocycles. The van der Waals surface area contributed by atoms with Crippen molar-refractivity contribution in [1.29, 1.82) is 0 Å². The number of hydrogen-bond donors (Lipinski definition) is 2. The van der Waals surface area contributed by atoms with E-state index in [1.807, 2.05) is 0 Å². The largest absolute Gasteiger partial charge is 0.343 e. The first-order valence-electron chi connectivity index (χ1n) is 4.03. The predicted molar refractivity (Wildman–Crippen MR) is 46.0 cm³/mol. The number of aromatic amines is 1. The Kier molecular flexibility index (Phi) is 3.04. The van der Waals surface area contributed by atoms with Crippen LogP contribution in [0.15, 0.2) is 11.1 Å². The lowest BCUT2D eigenvalue weighted by molar-refractivity contribution is 0.534. The van der Waals surface area contributed by atoms with Crippen LogP contribution in [0.4, 0.5) is 0 Å². The molecule has 5 nitrogen and oxygen atoms in total. The first-order chi connectivity index (χ1) is 5.70. The van der Waals surface area contributed by atoms with Crippen molar-refractivity contribution in [3.8, 4) is 0 Å². The zero-order valence-corrected chi connectivity index (χ0v) is 7.37. The molecule has 68 valence electrons. The van der Waals surface area contributed by atoms with Gasteiger partial charge in [-0.15, -0.1) is 0 Å². The van der Waals surface area contributed by atoms with Crippen LogP contribution in [0.2, 0.25) is 0 Å². The molecule has 0 amide bonds. The topological polar surface area (TPSA) is 62.7 Å². The third kappa shape index (κ3) is 2.50. The number of nitrogens with zero attached hydrogens (tertiary/aromatic N) is 2. The molecular weight excluding hydrogens is 156 g/mol. The highest BCUT2D eigenvalue weighted by molar-refractivity contribution is 4.64. The Morgan fingerprint density at radius 2 is 2.50 bits per heavy atom. The van der Waals surface area contributed by atoms with Crippen LogP contribution in [0.25, 0.3) is 0 Å². The monoisotopic (exact) mass is 170 g/mol. The Balaban J connectivity index is 2.34. The maximum absolute atomic E-state index is 10.9. The molecule has 0 aromatic carbocycles. The van der Waals surface area contributed by atoms with Gasteiger partial charge >= 0.3 is 5.69 Å². The summed E-state index contributed by atoms with van der Waals surface area (Å²) >= 11 is 0. The summed E-state index contributed by atoms with van der Waals surface area (Å²) < 4.78 is 1.54. The lowest BCUT2D eigenvalue weighted by Gasteiger charge is -2.06. The molecule has 0 bridgehead atoms. The molecular formula is C7H14N4O. The van der Waals surface area contributed by atoms with E-state index in [2.05, 4.69) is 29.4 Å². The summed E-state index contributed by atoms with van der Waals surface area (Å²) in [6.07, 6.45) is 1.50. The molecule has 12 heavy (non-hydrogen) atoms. The van der Waals surface area contributed by atoms with Crippen LogP contribution in [0, 0.1) is 0 Å². The fourth-order valence-electron chi connectivity index (χ4n) is 0.903. The summed E-state index contributed by atoms with van der Waals surface area (Å²) in [7, 11) is 0. The van der Waals surface area contributed by atoms with Crippen molar-refractivity contribution in [2.45, 2.75) is 26.4 Å². The van der Waals surface area contributed by atoms with Gasteiger partial charge in [0.05, 0.1) is 0 Å². The molecule has 1 heterocycles. The van der Waals surface area contributed by atoms with Gasteiger partial charge in [0, 0.05) is 19.1 Å². The Bertz CT molecular complexity index is 275. The van der Waals surface area contributed by atoms with Crippen LogP contribution >= 0.6 is 0 Å². The van der Waals surface area contributed by atoms with Gasteiger partial charge in [0.15, 0.2) is 0 Å². The average Bonchev–Trinajstić information content (AvgIpc) is 2.36. The van der Waals surface area contributed by atoms with Crippen molar-refractivity contribution in [2.24, 2.45) is 0 Å². The molecule has 0 aliphatic carbocycles. The highest BCUT2D eigenvalue weighted by Gasteiger charge is 1.96. The van der Waals surface area contributed by atoms with Gasteiger partial charge in [-0.1, -0.05) is 13.8 Å². The molecule has 1 aromatic heterocycles. The van der Waals surface area contributed by atoms with Crippen LogP contribution in [0.3, 0.4) is 0 Å². The van der Waals surface area contributed by atoms with Gasteiger partial charge in [0.1, 0.15) is 6.33 Å². The third-order valence-electron chi connectivity index (χ3n) is 1.52. The summed E-state index contributed by atoms with van der Waals surface area (Å²) in [6.45, 7) is 5.58. The van der Waals surface area contributed by atoms with Crippen molar-refractivity contribution < 1.29 is 0 Å². The molecule has 0 atom stereocenters. The molecule has 0 spiro atoms. The lowest BCUT2D eigenvalue weighted by atomic mass is 10.4.